The minimum Gasteiger partial charge on any atom is -0.496 e. The number of para-hydroxylation sites is 1. The Bertz CT molecular complexity index is 1200. The SMILES string of the molecule is COc1ccccc1C(=O)NC(=S)Nc1nc(-c2cccc3ccccc23)cs1. The first kappa shape index (κ1) is 19.0. The second-order valence-corrected chi connectivity index (χ2v) is 7.44. The number of carbonyl (C=O) groups excluding carboxylic acids is 1. The smallest absolute Gasteiger partial charge is 0.261 e. The van der Waals surface area contributed by atoms with Crippen molar-refractivity contribution in [2.24, 2.45) is 0 Å². The van der Waals surface area contributed by atoms with Crippen LogP contribution in [0.5, 0.6) is 5.75 Å². The van der Waals surface area contributed by atoms with Gasteiger partial charge in [-0.3, -0.25) is 10.1 Å². The number of rotatable bonds is 4. The largest absolute Gasteiger partial charge is 0.496 e. The number of carbonyl (C=O) groups is 1. The van der Waals surface area contributed by atoms with Crippen molar-refractivity contribution in [1.29, 1.82) is 0 Å². The second-order valence-electron chi connectivity index (χ2n) is 6.17. The van der Waals surface area contributed by atoms with Crippen molar-refractivity contribution in [3.8, 4) is 17.0 Å². The third-order valence-corrected chi connectivity index (χ3v) is 5.33. The van der Waals surface area contributed by atoms with Crippen molar-refractivity contribution >= 4 is 50.5 Å². The lowest BCUT2D eigenvalue weighted by atomic mass is 10.0. The maximum atomic E-state index is 12.5. The Morgan fingerprint density at radius 3 is 2.66 bits per heavy atom. The number of ether oxygens (including phenoxy) is 1. The zero-order valence-electron chi connectivity index (χ0n) is 15.5. The summed E-state index contributed by atoms with van der Waals surface area (Å²) >= 11 is 6.70. The van der Waals surface area contributed by atoms with Gasteiger partial charge in [0.15, 0.2) is 10.2 Å². The molecule has 29 heavy (non-hydrogen) atoms. The van der Waals surface area contributed by atoms with Crippen molar-refractivity contribution in [2.45, 2.75) is 0 Å². The molecule has 2 N–H and O–H groups in total. The van der Waals surface area contributed by atoms with Crippen molar-refractivity contribution in [1.82, 2.24) is 10.3 Å². The van der Waals surface area contributed by atoms with Crippen LogP contribution in [0.1, 0.15) is 10.4 Å². The molecule has 0 aliphatic heterocycles. The fourth-order valence-electron chi connectivity index (χ4n) is 3.03. The summed E-state index contributed by atoms with van der Waals surface area (Å²) in [5, 5.41) is 10.7. The average molecular weight is 420 g/mol. The number of nitrogens with one attached hydrogen (secondary N) is 2. The molecule has 4 aromatic rings. The minimum atomic E-state index is -0.342. The number of thiazole rings is 1. The number of nitrogens with zero attached hydrogens (tertiary/aromatic N) is 1. The van der Waals surface area contributed by atoms with Crippen LogP contribution in [0.2, 0.25) is 0 Å². The van der Waals surface area contributed by atoms with E-state index in [1.54, 1.807) is 24.3 Å². The van der Waals surface area contributed by atoms with Gasteiger partial charge in [0.05, 0.1) is 18.4 Å². The highest BCUT2D eigenvalue weighted by molar-refractivity contribution is 7.80. The molecular weight excluding hydrogens is 402 g/mol. The highest BCUT2D eigenvalue weighted by atomic mass is 32.1. The van der Waals surface area contributed by atoms with Crippen LogP contribution in [0.3, 0.4) is 0 Å². The molecule has 0 atom stereocenters. The van der Waals surface area contributed by atoms with Crippen molar-refractivity contribution < 1.29 is 9.53 Å². The lowest BCUT2D eigenvalue weighted by molar-refractivity contribution is 0.0975. The molecule has 1 aromatic heterocycles. The number of fused-ring (bicyclic) bond motifs is 1. The zero-order valence-corrected chi connectivity index (χ0v) is 17.1. The van der Waals surface area contributed by atoms with E-state index in [0.29, 0.717) is 16.4 Å². The molecule has 0 spiro atoms. The van der Waals surface area contributed by atoms with E-state index in [1.807, 2.05) is 29.6 Å². The van der Waals surface area contributed by atoms with Crippen molar-refractivity contribution in [2.75, 3.05) is 12.4 Å². The van der Waals surface area contributed by atoms with E-state index in [4.69, 9.17) is 17.0 Å². The molecule has 7 heteroatoms. The Hall–Kier alpha value is -3.29. The van der Waals surface area contributed by atoms with Gasteiger partial charge in [-0.2, -0.15) is 0 Å². The van der Waals surface area contributed by atoms with Gasteiger partial charge < -0.3 is 10.1 Å². The van der Waals surface area contributed by atoms with E-state index in [2.05, 4.69) is 33.8 Å². The fraction of sp³-hybridized carbons (Fsp3) is 0.0455. The normalized spacial score (nSPS) is 10.5. The number of benzene rings is 3. The topological polar surface area (TPSA) is 63.2 Å². The monoisotopic (exact) mass is 419 g/mol. The molecule has 0 fully saturated rings. The van der Waals surface area contributed by atoms with Crippen molar-refractivity contribution in [3.05, 3.63) is 77.7 Å². The first-order chi connectivity index (χ1) is 14.2. The average Bonchev–Trinajstić information content (AvgIpc) is 3.21. The number of anilines is 1. The van der Waals surface area contributed by atoms with Gasteiger partial charge >= 0.3 is 0 Å². The van der Waals surface area contributed by atoms with E-state index in [1.165, 1.54) is 18.4 Å². The molecule has 1 amide bonds. The summed E-state index contributed by atoms with van der Waals surface area (Å²) in [4.78, 5) is 17.1. The van der Waals surface area contributed by atoms with Crippen LogP contribution in [-0.2, 0) is 0 Å². The molecule has 5 nitrogen and oxygen atoms in total. The van der Waals surface area contributed by atoms with Gasteiger partial charge in [-0.25, -0.2) is 4.98 Å². The molecule has 0 saturated carbocycles. The van der Waals surface area contributed by atoms with Gasteiger partial charge in [0.25, 0.3) is 5.91 Å². The number of amides is 1. The molecule has 0 aliphatic rings. The predicted octanol–water partition coefficient (Wildman–Crippen LogP) is 5.10. The van der Waals surface area contributed by atoms with Gasteiger partial charge in [-0.05, 0) is 35.1 Å². The summed E-state index contributed by atoms with van der Waals surface area (Å²) in [5.41, 5.74) is 2.32. The maximum absolute atomic E-state index is 12.5. The lowest BCUT2D eigenvalue weighted by Crippen LogP contribution is -2.34. The summed E-state index contributed by atoms with van der Waals surface area (Å²) < 4.78 is 5.22. The summed E-state index contributed by atoms with van der Waals surface area (Å²) in [6.45, 7) is 0. The molecule has 0 unspecified atom stereocenters. The number of hydrogen-bond acceptors (Lipinski definition) is 5. The van der Waals surface area contributed by atoms with Crippen LogP contribution >= 0.6 is 23.6 Å². The third-order valence-electron chi connectivity index (χ3n) is 4.37. The molecule has 1 heterocycles. The molecular formula is C22H17N3O2S2. The Balaban J connectivity index is 1.49. The van der Waals surface area contributed by atoms with E-state index in [0.717, 1.165) is 22.0 Å². The van der Waals surface area contributed by atoms with Crippen LogP contribution in [0, 0.1) is 0 Å². The van der Waals surface area contributed by atoms with E-state index in [9.17, 15) is 4.79 Å². The number of hydrogen-bond donors (Lipinski definition) is 2. The maximum Gasteiger partial charge on any atom is 0.261 e. The summed E-state index contributed by atoms with van der Waals surface area (Å²) in [6, 6.07) is 21.3. The molecule has 0 radical (unpaired) electrons. The third kappa shape index (κ3) is 4.11. The van der Waals surface area contributed by atoms with E-state index < -0.39 is 0 Å². The summed E-state index contributed by atoms with van der Waals surface area (Å²) in [6.07, 6.45) is 0. The quantitative estimate of drug-likeness (QED) is 0.451. The standard InChI is InChI=1S/C22H17N3O2S2/c1-27-19-12-5-4-10-17(19)20(26)24-21(28)25-22-23-18(13-29-22)16-11-6-8-14-7-2-3-9-15(14)16/h2-13H,1H3,(H2,23,24,25,26,28). The molecule has 4 rings (SSSR count). The number of thiocarbonyl (C=S) groups is 1. The Morgan fingerprint density at radius 1 is 1.03 bits per heavy atom. The first-order valence-corrected chi connectivity index (χ1v) is 10.1. The van der Waals surface area contributed by atoms with Gasteiger partial charge in [-0.15, -0.1) is 11.3 Å². The van der Waals surface area contributed by atoms with E-state index >= 15 is 0 Å². The van der Waals surface area contributed by atoms with Crippen LogP contribution in [0.25, 0.3) is 22.0 Å². The lowest BCUT2D eigenvalue weighted by Gasteiger charge is -2.10. The molecule has 0 bridgehead atoms. The first-order valence-electron chi connectivity index (χ1n) is 8.85. The zero-order chi connectivity index (χ0) is 20.2. The molecule has 0 saturated heterocycles. The van der Waals surface area contributed by atoms with E-state index in [-0.39, 0.29) is 11.0 Å². The Kier molecular flexibility index (Phi) is 5.50. The second kappa shape index (κ2) is 8.38. The summed E-state index contributed by atoms with van der Waals surface area (Å²) in [5.74, 6) is 0.145. The molecule has 144 valence electrons. The molecule has 0 aliphatic carbocycles. The Labute approximate surface area is 177 Å². The molecule has 3 aromatic carbocycles. The van der Waals surface area contributed by atoms with Crippen LogP contribution < -0.4 is 15.4 Å². The minimum absolute atomic E-state index is 0.180. The van der Waals surface area contributed by atoms with Gasteiger partial charge in [0.1, 0.15) is 5.75 Å². The Morgan fingerprint density at radius 2 is 1.79 bits per heavy atom. The van der Waals surface area contributed by atoms with Gasteiger partial charge in [0.2, 0.25) is 0 Å². The highest BCUT2D eigenvalue weighted by Crippen LogP contribution is 2.31. The van der Waals surface area contributed by atoms with Crippen LogP contribution in [0.4, 0.5) is 5.13 Å². The highest BCUT2D eigenvalue weighted by Gasteiger charge is 2.14. The number of methoxy groups -OCH3 is 1. The number of aromatic nitrogens is 1. The van der Waals surface area contributed by atoms with Gasteiger partial charge in [0, 0.05) is 10.9 Å². The predicted molar refractivity (Wildman–Crippen MR) is 122 cm³/mol. The summed E-state index contributed by atoms with van der Waals surface area (Å²) in [7, 11) is 1.52. The fourth-order valence-corrected chi connectivity index (χ4v) is 4.00. The van der Waals surface area contributed by atoms with Crippen LogP contribution in [0.15, 0.2) is 72.1 Å². The van der Waals surface area contributed by atoms with Crippen LogP contribution in [-0.4, -0.2) is 23.1 Å². The van der Waals surface area contributed by atoms with Gasteiger partial charge in [-0.1, -0.05) is 54.6 Å². The van der Waals surface area contributed by atoms with Crippen molar-refractivity contribution in [3.63, 3.8) is 0 Å².